The van der Waals surface area contributed by atoms with Crippen LogP contribution in [0.2, 0.25) is 0 Å². The van der Waals surface area contributed by atoms with Crippen molar-refractivity contribution in [2.45, 2.75) is 0 Å². The number of carbonyl (C=O) groups is 1. The molecular weight excluding hydrogens is 311 g/mol. The van der Waals surface area contributed by atoms with E-state index >= 15 is 0 Å². The number of amides is 1. The van der Waals surface area contributed by atoms with Crippen LogP contribution in [-0.4, -0.2) is 54.3 Å². The number of alkyl halides is 1. The van der Waals surface area contributed by atoms with Gasteiger partial charge in [0.2, 0.25) is 0 Å². The molecule has 2 heterocycles. The maximum absolute atomic E-state index is 13.2. The van der Waals surface area contributed by atoms with Crippen molar-refractivity contribution in [3.63, 3.8) is 0 Å². The summed E-state index contributed by atoms with van der Waals surface area (Å²) in [6.07, 6.45) is 0. The third-order valence-electron chi connectivity index (χ3n) is 3.75. The topological polar surface area (TPSA) is 23.6 Å². The van der Waals surface area contributed by atoms with Crippen LogP contribution < -0.4 is 0 Å². The molecule has 0 unspecified atom stereocenters. The Balaban J connectivity index is 1.72. The van der Waals surface area contributed by atoms with Crippen molar-refractivity contribution >= 4 is 38.9 Å². The lowest BCUT2D eigenvalue weighted by Gasteiger charge is -2.34. The van der Waals surface area contributed by atoms with Crippen LogP contribution in [0.15, 0.2) is 24.3 Å². The molecule has 1 aromatic carbocycles. The van der Waals surface area contributed by atoms with Gasteiger partial charge in [-0.25, -0.2) is 4.39 Å². The first kappa shape index (κ1) is 14.8. The molecular formula is C15H16ClFN2OS. The van der Waals surface area contributed by atoms with E-state index in [1.54, 1.807) is 6.07 Å². The van der Waals surface area contributed by atoms with E-state index in [0.29, 0.717) is 10.8 Å². The molecule has 2 aromatic rings. The number of thiophene rings is 1. The molecule has 1 fully saturated rings. The highest BCUT2D eigenvalue weighted by molar-refractivity contribution is 7.20. The summed E-state index contributed by atoms with van der Waals surface area (Å²) in [6, 6.07) is 6.48. The number of benzene rings is 1. The zero-order valence-corrected chi connectivity index (χ0v) is 13.1. The Morgan fingerprint density at radius 2 is 2.00 bits per heavy atom. The number of rotatable bonds is 3. The van der Waals surface area contributed by atoms with Gasteiger partial charge in [0, 0.05) is 43.3 Å². The van der Waals surface area contributed by atoms with Crippen molar-refractivity contribution in [2.75, 3.05) is 38.6 Å². The standard InChI is InChI=1S/C15H16ClFN2OS/c16-3-4-18-5-7-19(8-6-18)15(20)14-9-11-1-2-12(17)10-13(11)21-14/h1-2,9-10H,3-8H2. The van der Waals surface area contributed by atoms with Crippen molar-refractivity contribution in [1.29, 1.82) is 0 Å². The van der Waals surface area contributed by atoms with E-state index in [1.807, 2.05) is 11.0 Å². The highest BCUT2D eigenvalue weighted by Gasteiger charge is 2.23. The van der Waals surface area contributed by atoms with E-state index in [1.165, 1.54) is 23.5 Å². The highest BCUT2D eigenvalue weighted by atomic mass is 35.5. The molecule has 0 N–H and O–H groups in total. The Labute approximate surface area is 131 Å². The summed E-state index contributed by atoms with van der Waals surface area (Å²) in [5.74, 6) is 0.399. The fourth-order valence-electron chi connectivity index (χ4n) is 2.56. The lowest BCUT2D eigenvalue weighted by molar-refractivity contribution is 0.0649. The Morgan fingerprint density at radius 1 is 1.24 bits per heavy atom. The van der Waals surface area contributed by atoms with Crippen LogP contribution in [-0.2, 0) is 0 Å². The maximum atomic E-state index is 13.2. The van der Waals surface area contributed by atoms with E-state index in [2.05, 4.69) is 4.90 Å². The lowest BCUT2D eigenvalue weighted by Crippen LogP contribution is -2.48. The summed E-state index contributed by atoms with van der Waals surface area (Å²) in [6.45, 7) is 4.03. The first-order valence-electron chi connectivity index (χ1n) is 6.94. The monoisotopic (exact) mass is 326 g/mol. The molecule has 3 nitrogen and oxygen atoms in total. The second kappa shape index (κ2) is 6.30. The SMILES string of the molecule is O=C(c1cc2ccc(F)cc2s1)N1CCN(CCCl)CC1. The van der Waals surface area contributed by atoms with Gasteiger partial charge < -0.3 is 4.90 Å². The van der Waals surface area contributed by atoms with Gasteiger partial charge in [-0.05, 0) is 23.6 Å². The van der Waals surface area contributed by atoms with E-state index in [0.717, 1.165) is 42.8 Å². The number of carbonyl (C=O) groups excluding carboxylic acids is 1. The predicted molar refractivity (Wildman–Crippen MR) is 84.8 cm³/mol. The number of hydrogen-bond acceptors (Lipinski definition) is 3. The van der Waals surface area contributed by atoms with Crippen LogP contribution in [0.25, 0.3) is 10.1 Å². The zero-order valence-electron chi connectivity index (χ0n) is 11.5. The molecule has 0 saturated carbocycles. The van der Waals surface area contributed by atoms with Crippen LogP contribution in [0.4, 0.5) is 4.39 Å². The Kier molecular flexibility index (Phi) is 4.42. The molecule has 0 radical (unpaired) electrons. The first-order chi connectivity index (χ1) is 10.2. The third-order valence-corrected chi connectivity index (χ3v) is 5.01. The fourth-order valence-corrected chi connectivity index (χ4v) is 3.85. The van der Waals surface area contributed by atoms with Gasteiger partial charge in [-0.3, -0.25) is 9.69 Å². The lowest BCUT2D eigenvalue weighted by atomic mass is 10.2. The number of fused-ring (bicyclic) bond motifs is 1. The molecule has 112 valence electrons. The van der Waals surface area contributed by atoms with Crippen molar-refractivity contribution in [2.24, 2.45) is 0 Å². The van der Waals surface area contributed by atoms with Crippen LogP contribution >= 0.6 is 22.9 Å². The maximum Gasteiger partial charge on any atom is 0.264 e. The molecule has 3 rings (SSSR count). The molecule has 1 aliphatic heterocycles. The minimum absolute atomic E-state index is 0.0436. The van der Waals surface area contributed by atoms with Crippen LogP contribution in [0.5, 0.6) is 0 Å². The molecule has 0 atom stereocenters. The summed E-state index contributed by atoms with van der Waals surface area (Å²) in [5.41, 5.74) is 0. The van der Waals surface area contributed by atoms with E-state index in [9.17, 15) is 9.18 Å². The summed E-state index contributed by atoms with van der Waals surface area (Å²) in [5, 5.41) is 0.922. The molecule has 21 heavy (non-hydrogen) atoms. The predicted octanol–water partition coefficient (Wildman–Crippen LogP) is 3.04. The number of nitrogens with zero attached hydrogens (tertiary/aromatic N) is 2. The number of piperazine rings is 1. The molecule has 1 amide bonds. The van der Waals surface area contributed by atoms with Crippen LogP contribution in [0.3, 0.4) is 0 Å². The van der Waals surface area contributed by atoms with Crippen molar-refractivity contribution in [1.82, 2.24) is 9.80 Å². The molecule has 1 aromatic heterocycles. The van der Waals surface area contributed by atoms with Crippen LogP contribution in [0, 0.1) is 5.82 Å². The van der Waals surface area contributed by atoms with Crippen LogP contribution in [0.1, 0.15) is 9.67 Å². The Morgan fingerprint density at radius 3 is 2.71 bits per heavy atom. The number of hydrogen-bond donors (Lipinski definition) is 0. The largest absolute Gasteiger partial charge is 0.335 e. The molecule has 1 saturated heterocycles. The quantitative estimate of drug-likeness (QED) is 0.809. The van der Waals surface area contributed by atoms with Gasteiger partial charge in [0.1, 0.15) is 5.82 Å². The van der Waals surface area contributed by atoms with E-state index < -0.39 is 0 Å². The van der Waals surface area contributed by atoms with Gasteiger partial charge in [-0.2, -0.15) is 0 Å². The smallest absolute Gasteiger partial charge is 0.264 e. The molecule has 0 bridgehead atoms. The highest BCUT2D eigenvalue weighted by Crippen LogP contribution is 2.27. The van der Waals surface area contributed by atoms with E-state index in [-0.39, 0.29) is 11.7 Å². The summed E-state index contributed by atoms with van der Waals surface area (Å²) in [4.78, 5) is 17.3. The van der Waals surface area contributed by atoms with Gasteiger partial charge in [-0.1, -0.05) is 6.07 Å². The third kappa shape index (κ3) is 3.20. The minimum Gasteiger partial charge on any atom is -0.335 e. The fraction of sp³-hybridized carbons (Fsp3) is 0.400. The Hall–Kier alpha value is -1.17. The zero-order chi connectivity index (χ0) is 14.8. The van der Waals surface area contributed by atoms with Gasteiger partial charge in [0.05, 0.1) is 4.88 Å². The van der Waals surface area contributed by atoms with Gasteiger partial charge in [0.15, 0.2) is 0 Å². The first-order valence-corrected chi connectivity index (χ1v) is 8.29. The van der Waals surface area contributed by atoms with Gasteiger partial charge >= 0.3 is 0 Å². The summed E-state index contributed by atoms with van der Waals surface area (Å²) >= 11 is 7.09. The molecule has 0 spiro atoms. The second-order valence-electron chi connectivity index (χ2n) is 5.12. The number of halogens is 2. The average molecular weight is 327 g/mol. The summed E-state index contributed by atoms with van der Waals surface area (Å²) < 4.78 is 14.0. The van der Waals surface area contributed by atoms with Gasteiger partial charge in [-0.15, -0.1) is 22.9 Å². The normalized spacial score (nSPS) is 16.6. The van der Waals surface area contributed by atoms with Crippen molar-refractivity contribution in [3.05, 3.63) is 35.0 Å². The average Bonchev–Trinajstić information content (AvgIpc) is 2.90. The van der Waals surface area contributed by atoms with E-state index in [4.69, 9.17) is 11.6 Å². The van der Waals surface area contributed by atoms with Crippen molar-refractivity contribution in [3.8, 4) is 0 Å². The molecule has 0 aliphatic carbocycles. The second-order valence-corrected chi connectivity index (χ2v) is 6.58. The summed E-state index contributed by atoms with van der Waals surface area (Å²) in [7, 11) is 0. The molecule has 1 aliphatic rings. The molecule has 6 heteroatoms. The Bertz CT molecular complexity index is 652. The van der Waals surface area contributed by atoms with Gasteiger partial charge in [0.25, 0.3) is 5.91 Å². The van der Waals surface area contributed by atoms with Crippen molar-refractivity contribution < 1.29 is 9.18 Å². The minimum atomic E-state index is -0.266.